The molecule has 1 aromatic rings. The first-order valence-corrected chi connectivity index (χ1v) is 7.59. The fraction of sp³-hybridized carbons (Fsp3) is 0.429. The molecule has 0 spiro atoms. The Morgan fingerprint density at radius 1 is 1.50 bits per heavy atom. The number of hydrogen-bond acceptors (Lipinski definition) is 2. The minimum atomic E-state index is -0.815. The van der Waals surface area contributed by atoms with Crippen LogP contribution >= 0.6 is 22.6 Å². The molecule has 1 aliphatic heterocycles. The third kappa shape index (κ3) is 3.05. The Bertz CT molecular complexity index is 535. The van der Waals surface area contributed by atoms with Gasteiger partial charge in [0.25, 0.3) is 0 Å². The number of aliphatic carboxylic acids is 1. The van der Waals surface area contributed by atoms with Gasteiger partial charge < -0.3 is 15.3 Å². The molecule has 1 aromatic carbocycles. The number of nitrogens with zero attached hydrogens (tertiary/aromatic N) is 1. The number of carboxylic acids is 1. The highest BCUT2D eigenvalue weighted by Gasteiger charge is 2.44. The first kappa shape index (κ1) is 15.1. The SMILES string of the molecule is CCC1(C(=O)O)CCN(C(=O)Nc2cccc(I)c2)C1. The van der Waals surface area contributed by atoms with E-state index < -0.39 is 11.4 Å². The quantitative estimate of drug-likeness (QED) is 0.783. The minimum absolute atomic E-state index is 0.233. The fourth-order valence-corrected chi connectivity index (χ4v) is 2.97. The van der Waals surface area contributed by atoms with Gasteiger partial charge in [0.15, 0.2) is 0 Å². The van der Waals surface area contributed by atoms with E-state index >= 15 is 0 Å². The first-order chi connectivity index (χ1) is 9.47. The summed E-state index contributed by atoms with van der Waals surface area (Å²) < 4.78 is 1.04. The van der Waals surface area contributed by atoms with E-state index in [1.165, 1.54) is 0 Å². The molecule has 108 valence electrons. The number of carboxylic acid groups (broad SMARTS) is 1. The summed E-state index contributed by atoms with van der Waals surface area (Å²) in [5.41, 5.74) is -0.0613. The van der Waals surface area contributed by atoms with Crippen LogP contribution in [-0.2, 0) is 4.79 Å². The van der Waals surface area contributed by atoms with E-state index in [-0.39, 0.29) is 12.6 Å². The molecule has 0 saturated carbocycles. The number of nitrogens with one attached hydrogen (secondary N) is 1. The zero-order valence-electron chi connectivity index (χ0n) is 11.2. The van der Waals surface area contributed by atoms with Crippen molar-refractivity contribution < 1.29 is 14.7 Å². The van der Waals surface area contributed by atoms with Gasteiger partial charge in [0.05, 0.1) is 5.41 Å². The van der Waals surface area contributed by atoms with Crippen molar-refractivity contribution in [2.75, 3.05) is 18.4 Å². The summed E-state index contributed by atoms with van der Waals surface area (Å²) in [5.74, 6) is -0.815. The van der Waals surface area contributed by atoms with Gasteiger partial charge in [-0.15, -0.1) is 0 Å². The number of anilines is 1. The molecule has 1 unspecified atom stereocenters. The van der Waals surface area contributed by atoms with Gasteiger partial charge in [0.1, 0.15) is 0 Å². The zero-order valence-corrected chi connectivity index (χ0v) is 13.4. The predicted molar refractivity (Wildman–Crippen MR) is 84.7 cm³/mol. The number of amides is 2. The summed E-state index contributed by atoms with van der Waals surface area (Å²) in [5, 5.41) is 12.1. The molecule has 0 bridgehead atoms. The molecule has 2 rings (SSSR count). The zero-order chi connectivity index (χ0) is 14.8. The van der Waals surface area contributed by atoms with Crippen LogP contribution in [0.2, 0.25) is 0 Å². The van der Waals surface area contributed by atoms with E-state index in [0.717, 1.165) is 9.26 Å². The van der Waals surface area contributed by atoms with Gasteiger partial charge in [-0.2, -0.15) is 0 Å². The molecule has 1 fully saturated rings. The van der Waals surface area contributed by atoms with E-state index in [9.17, 15) is 14.7 Å². The molecule has 5 nitrogen and oxygen atoms in total. The van der Waals surface area contributed by atoms with Crippen molar-refractivity contribution in [3.63, 3.8) is 0 Å². The van der Waals surface area contributed by atoms with Crippen LogP contribution in [0.25, 0.3) is 0 Å². The lowest BCUT2D eigenvalue weighted by molar-refractivity contribution is -0.148. The van der Waals surface area contributed by atoms with Crippen molar-refractivity contribution in [3.8, 4) is 0 Å². The van der Waals surface area contributed by atoms with Crippen LogP contribution in [0, 0.1) is 8.99 Å². The van der Waals surface area contributed by atoms with E-state index in [2.05, 4.69) is 27.9 Å². The van der Waals surface area contributed by atoms with E-state index in [1.807, 2.05) is 31.2 Å². The maximum atomic E-state index is 12.2. The molecule has 2 N–H and O–H groups in total. The molecule has 0 aromatic heterocycles. The molecule has 1 atom stereocenters. The van der Waals surface area contributed by atoms with Gasteiger partial charge >= 0.3 is 12.0 Å². The number of carbonyl (C=O) groups is 2. The molecule has 0 radical (unpaired) electrons. The Morgan fingerprint density at radius 2 is 2.25 bits per heavy atom. The van der Waals surface area contributed by atoms with E-state index in [1.54, 1.807) is 4.90 Å². The van der Waals surface area contributed by atoms with Crippen LogP contribution in [0.15, 0.2) is 24.3 Å². The predicted octanol–water partition coefficient (Wildman–Crippen LogP) is 3.01. The number of benzene rings is 1. The third-order valence-electron chi connectivity index (χ3n) is 3.85. The molecular formula is C14H17IN2O3. The molecule has 0 aliphatic carbocycles. The molecular weight excluding hydrogens is 371 g/mol. The Morgan fingerprint density at radius 3 is 2.80 bits per heavy atom. The average Bonchev–Trinajstić information content (AvgIpc) is 2.84. The normalized spacial score (nSPS) is 21.8. The molecule has 20 heavy (non-hydrogen) atoms. The molecule has 6 heteroatoms. The van der Waals surface area contributed by atoms with Crippen molar-refractivity contribution in [1.82, 2.24) is 4.90 Å². The topological polar surface area (TPSA) is 69.6 Å². The highest BCUT2D eigenvalue weighted by atomic mass is 127. The van der Waals surface area contributed by atoms with Gasteiger partial charge in [-0.1, -0.05) is 13.0 Å². The Hall–Kier alpha value is -1.31. The van der Waals surface area contributed by atoms with Crippen LogP contribution in [0.3, 0.4) is 0 Å². The first-order valence-electron chi connectivity index (χ1n) is 6.52. The summed E-state index contributed by atoms with van der Waals surface area (Å²) in [7, 11) is 0. The van der Waals surface area contributed by atoms with Crippen molar-refractivity contribution >= 4 is 40.3 Å². The monoisotopic (exact) mass is 388 g/mol. The lowest BCUT2D eigenvalue weighted by Gasteiger charge is -2.23. The minimum Gasteiger partial charge on any atom is -0.481 e. The highest BCUT2D eigenvalue weighted by molar-refractivity contribution is 14.1. The second-order valence-corrected chi connectivity index (χ2v) is 6.30. The summed E-state index contributed by atoms with van der Waals surface area (Å²) in [4.78, 5) is 25.1. The van der Waals surface area contributed by atoms with Crippen molar-refractivity contribution in [1.29, 1.82) is 0 Å². The Balaban J connectivity index is 2.03. The smallest absolute Gasteiger partial charge is 0.321 e. The number of hydrogen-bond donors (Lipinski definition) is 2. The second kappa shape index (κ2) is 5.99. The number of halogens is 1. The summed E-state index contributed by atoms with van der Waals surface area (Å²) in [6, 6.07) is 7.27. The molecule has 1 saturated heterocycles. The standard InChI is InChI=1S/C14H17IN2O3/c1-2-14(12(18)19)6-7-17(9-14)13(20)16-11-5-3-4-10(15)8-11/h3-5,8H,2,6-7,9H2,1H3,(H,16,20)(H,18,19). The lowest BCUT2D eigenvalue weighted by atomic mass is 9.84. The molecule has 1 aliphatic rings. The highest BCUT2D eigenvalue weighted by Crippen LogP contribution is 2.34. The van der Waals surface area contributed by atoms with Crippen LogP contribution in [0.5, 0.6) is 0 Å². The van der Waals surface area contributed by atoms with Gasteiger partial charge in [0, 0.05) is 22.3 Å². The lowest BCUT2D eigenvalue weighted by Crippen LogP contribution is -2.38. The van der Waals surface area contributed by atoms with Gasteiger partial charge in [-0.3, -0.25) is 4.79 Å². The molecule has 1 heterocycles. The number of rotatable bonds is 3. The fourth-order valence-electron chi connectivity index (χ4n) is 2.43. The second-order valence-electron chi connectivity index (χ2n) is 5.05. The van der Waals surface area contributed by atoms with Crippen molar-refractivity contribution in [3.05, 3.63) is 27.8 Å². The van der Waals surface area contributed by atoms with Gasteiger partial charge in [-0.25, -0.2) is 4.79 Å². The summed E-state index contributed by atoms with van der Waals surface area (Å²) in [6.07, 6.45) is 1.05. The van der Waals surface area contributed by atoms with Crippen LogP contribution in [0.4, 0.5) is 10.5 Å². The molecule has 2 amide bonds. The maximum absolute atomic E-state index is 12.2. The maximum Gasteiger partial charge on any atom is 0.321 e. The number of carbonyl (C=O) groups excluding carboxylic acids is 1. The van der Waals surface area contributed by atoms with E-state index in [0.29, 0.717) is 19.4 Å². The third-order valence-corrected chi connectivity index (χ3v) is 4.52. The summed E-state index contributed by atoms with van der Waals surface area (Å²) >= 11 is 2.18. The van der Waals surface area contributed by atoms with Gasteiger partial charge in [-0.05, 0) is 53.6 Å². The van der Waals surface area contributed by atoms with Crippen LogP contribution in [-0.4, -0.2) is 35.1 Å². The van der Waals surface area contributed by atoms with E-state index in [4.69, 9.17) is 0 Å². The van der Waals surface area contributed by atoms with Crippen LogP contribution < -0.4 is 5.32 Å². The van der Waals surface area contributed by atoms with Gasteiger partial charge in [0.2, 0.25) is 0 Å². The van der Waals surface area contributed by atoms with Crippen LogP contribution in [0.1, 0.15) is 19.8 Å². The Kier molecular flexibility index (Phi) is 4.52. The largest absolute Gasteiger partial charge is 0.481 e. The number of likely N-dealkylation sites (tertiary alicyclic amines) is 1. The average molecular weight is 388 g/mol. The number of urea groups is 1. The summed E-state index contributed by atoms with van der Waals surface area (Å²) in [6.45, 7) is 2.61. The Labute approximate surface area is 131 Å². The van der Waals surface area contributed by atoms with Crippen molar-refractivity contribution in [2.45, 2.75) is 19.8 Å². The van der Waals surface area contributed by atoms with Crippen molar-refractivity contribution in [2.24, 2.45) is 5.41 Å².